The lowest BCUT2D eigenvalue weighted by Crippen LogP contribution is -2.39. The van der Waals surface area contributed by atoms with Gasteiger partial charge in [0.2, 0.25) is 0 Å². The number of pyridine rings is 1. The molecule has 0 unspecified atom stereocenters. The van der Waals surface area contributed by atoms with Crippen LogP contribution < -0.4 is 0 Å². The first-order valence-corrected chi connectivity index (χ1v) is 13.2. The molecular formula is C30H31N5O2. The molecule has 1 saturated heterocycles. The third-order valence-electron chi connectivity index (χ3n) is 7.77. The Balaban J connectivity index is 1.21. The molecule has 2 aromatic heterocycles. The molecule has 0 saturated carbocycles. The zero-order chi connectivity index (χ0) is 25.4. The highest BCUT2D eigenvalue weighted by Crippen LogP contribution is 2.41. The molecule has 0 spiro atoms. The number of hydrogen-bond acceptors (Lipinski definition) is 5. The summed E-state index contributed by atoms with van der Waals surface area (Å²) in [7, 11) is 0. The number of aromatic nitrogens is 3. The molecule has 2 aromatic carbocycles. The van der Waals surface area contributed by atoms with Gasteiger partial charge in [0.25, 0.3) is 11.8 Å². The minimum Gasteiger partial charge on any atom is -0.341 e. The van der Waals surface area contributed by atoms with Crippen molar-refractivity contribution in [3.8, 4) is 0 Å². The number of amides is 2. The average molecular weight is 494 g/mol. The lowest BCUT2D eigenvalue weighted by atomic mass is 9.91. The predicted molar refractivity (Wildman–Crippen MR) is 142 cm³/mol. The number of piperidine rings is 1. The molecule has 0 bridgehead atoms. The Morgan fingerprint density at radius 3 is 2.32 bits per heavy atom. The van der Waals surface area contributed by atoms with Crippen LogP contribution in [0.25, 0.3) is 11.0 Å². The van der Waals surface area contributed by atoms with Gasteiger partial charge in [0.15, 0.2) is 0 Å². The normalized spacial score (nSPS) is 20.1. The highest BCUT2D eigenvalue weighted by molar-refractivity contribution is 6.21. The summed E-state index contributed by atoms with van der Waals surface area (Å²) in [4.78, 5) is 42.8. The maximum Gasteiger partial charge on any atom is 0.261 e. The minimum absolute atomic E-state index is 0.159. The molecule has 2 aliphatic rings. The van der Waals surface area contributed by atoms with Gasteiger partial charge in [-0.05, 0) is 81.5 Å². The molecule has 1 N–H and O–H groups in total. The molecular weight excluding hydrogens is 462 g/mol. The lowest BCUT2D eigenvalue weighted by Gasteiger charge is -2.41. The van der Waals surface area contributed by atoms with Crippen LogP contribution in [0.4, 0.5) is 0 Å². The van der Waals surface area contributed by atoms with E-state index in [1.807, 2.05) is 42.6 Å². The van der Waals surface area contributed by atoms with Crippen LogP contribution >= 0.6 is 0 Å². The van der Waals surface area contributed by atoms with Crippen LogP contribution in [-0.4, -0.2) is 49.7 Å². The predicted octanol–water partition coefficient (Wildman–Crippen LogP) is 5.61. The van der Waals surface area contributed by atoms with Crippen molar-refractivity contribution in [3.05, 3.63) is 95.1 Å². The highest BCUT2D eigenvalue weighted by Gasteiger charge is 2.36. The molecule has 37 heavy (non-hydrogen) atoms. The van der Waals surface area contributed by atoms with E-state index in [1.54, 1.807) is 12.1 Å². The van der Waals surface area contributed by atoms with Gasteiger partial charge in [0.05, 0.1) is 39.9 Å². The van der Waals surface area contributed by atoms with Gasteiger partial charge in [-0.15, -0.1) is 0 Å². The summed E-state index contributed by atoms with van der Waals surface area (Å²) in [6.07, 6.45) is 6.68. The van der Waals surface area contributed by atoms with E-state index in [0.29, 0.717) is 17.7 Å². The fourth-order valence-corrected chi connectivity index (χ4v) is 5.94. The van der Waals surface area contributed by atoms with E-state index < -0.39 is 0 Å². The molecule has 6 rings (SSSR count). The standard InChI is InChI=1S/C30H31N5O2/c1-20-10-9-17-31-27(20)25-15-8-16-26(28-32-23-13-4-5-14-24(23)33-28)34(25)18-6-7-19-35-29(36)21-11-2-3-12-22(21)30(35)37/h2-5,9-14,17,25-26H,6-8,15-16,18-19H2,1H3,(H,32,33)/t25-,26+/m0/s1. The van der Waals surface area contributed by atoms with Crippen LogP contribution in [0.15, 0.2) is 66.9 Å². The minimum atomic E-state index is -0.180. The number of nitrogens with zero attached hydrogens (tertiary/aromatic N) is 4. The lowest BCUT2D eigenvalue weighted by molar-refractivity contribution is 0.0621. The monoisotopic (exact) mass is 493 g/mol. The maximum absolute atomic E-state index is 12.8. The second-order valence-electron chi connectivity index (χ2n) is 10.1. The van der Waals surface area contributed by atoms with Crippen molar-refractivity contribution >= 4 is 22.8 Å². The van der Waals surface area contributed by atoms with Crippen molar-refractivity contribution in [3.63, 3.8) is 0 Å². The number of H-pyrrole nitrogens is 1. The maximum atomic E-state index is 12.8. The summed E-state index contributed by atoms with van der Waals surface area (Å²) in [5, 5.41) is 0. The van der Waals surface area contributed by atoms with E-state index >= 15 is 0 Å². The Hall–Kier alpha value is -3.84. The zero-order valence-corrected chi connectivity index (χ0v) is 21.1. The number of para-hydroxylation sites is 2. The molecule has 2 amide bonds. The second kappa shape index (κ2) is 9.90. The summed E-state index contributed by atoms with van der Waals surface area (Å²) >= 11 is 0. The molecule has 7 nitrogen and oxygen atoms in total. The number of imidazole rings is 1. The molecule has 4 aromatic rings. The van der Waals surface area contributed by atoms with Gasteiger partial charge in [-0.2, -0.15) is 0 Å². The van der Waals surface area contributed by atoms with Crippen molar-refractivity contribution in [2.45, 2.75) is 51.1 Å². The van der Waals surface area contributed by atoms with Crippen molar-refractivity contribution in [2.75, 3.05) is 13.1 Å². The van der Waals surface area contributed by atoms with Gasteiger partial charge >= 0.3 is 0 Å². The molecule has 2 aliphatic heterocycles. The van der Waals surface area contributed by atoms with E-state index in [9.17, 15) is 9.59 Å². The van der Waals surface area contributed by atoms with Gasteiger partial charge in [-0.1, -0.05) is 30.3 Å². The first-order valence-electron chi connectivity index (χ1n) is 13.2. The number of fused-ring (bicyclic) bond motifs is 2. The van der Waals surface area contributed by atoms with Crippen LogP contribution in [0, 0.1) is 6.92 Å². The van der Waals surface area contributed by atoms with E-state index in [2.05, 4.69) is 28.9 Å². The Labute approximate surface area is 216 Å². The Morgan fingerprint density at radius 1 is 0.865 bits per heavy atom. The molecule has 0 aliphatic carbocycles. The van der Waals surface area contributed by atoms with Crippen molar-refractivity contribution in [1.82, 2.24) is 24.8 Å². The van der Waals surface area contributed by atoms with Crippen LogP contribution in [0.2, 0.25) is 0 Å². The van der Waals surface area contributed by atoms with E-state index in [4.69, 9.17) is 9.97 Å². The fourth-order valence-electron chi connectivity index (χ4n) is 5.94. The molecule has 2 atom stereocenters. The summed E-state index contributed by atoms with van der Waals surface area (Å²) in [6.45, 7) is 3.40. The first kappa shape index (κ1) is 23.6. The van der Waals surface area contributed by atoms with Crippen LogP contribution in [0.3, 0.4) is 0 Å². The summed E-state index contributed by atoms with van der Waals surface area (Å²) in [5.74, 6) is 0.640. The number of nitrogens with one attached hydrogen (secondary N) is 1. The van der Waals surface area contributed by atoms with Gasteiger partial charge in [0, 0.05) is 12.7 Å². The first-order chi connectivity index (χ1) is 18.1. The highest BCUT2D eigenvalue weighted by atomic mass is 16.2. The number of likely N-dealkylation sites (tertiary alicyclic amines) is 1. The number of unbranched alkanes of at least 4 members (excludes halogenated alkanes) is 1. The molecule has 1 fully saturated rings. The number of benzene rings is 2. The van der Waals surface area contributed by atoms with Crippen molar-refractivity contribution in [1.29, 1.82) is 0 Å². The molecule has 7 heteroatoms. The van der Waals surface area contributed by atoms with Crippen LogP contribution in [-0.2, 0) is 0 Å². The number of carbonyl (C=O) groups excluding carboxylic acids is 2. The number of rotatable bonds is 7. The largest absolute Gasteiger partial charge is 0.341 e. The van der Waals surface area contributed by atoms with Gasteiger partial charge < -0.3 is 4.98 Å². The van der Waals surface area contributed by atoms with Crippen LogP contribution in [0.1, 0.15) is 82.0 Å². The Kier molecular flexibility index (Phi) is 6.30. The number of imide groups is 1. The third-order valence-corrected chi connectivity index (χ3v) is 7.77. The van der Waals surface area contributed by atoms with E-state index in [0.717, 1.165) is 61.2 Å². The quantitative estimate of drug-likeness (QED) is 0.267. The Bertz CT molecular complexity index is 1390. The summed E-state index contributed by atoms with van der Waals surface area (Å²) in [5.41, 5.74) is 5.40. The molecule has 4 heterocycles. The topological polar surface area (TPSA) is 82.2 Å². The number of hydrogen-bond donors (Lipinski definition) is 1. The number of aromatic amines is 1. The van der Waals surface area contributed by atoms with E-state index in [-0.39, 0.29) is 23.9 Å². The van der Waals surface area contributed by atoms with Crippen LogP contribution in [0.5, 0.6) is 0 Å². The summed E-state index contributed by atoms with van der Waals surface area (Å²) < 4.78 is 0. The van der Waals surface area contributed by atoms with E-state index in [1.165, 1.54) is 10.5 Å². The smallest absolute Gasteiger partial charge is 0.261 e. The third kappa shape index (κ3) is 4.33. The number of carbonyl (C=O) groups is 2. The number of aryl methyl sites for hydroxylation is 1. The van der Waals surface area contributed by atoms with Crippen molar-refractivity contribution in [2.24, 2.45) is 0 Å². The SMILES string of the molecule is Cc1cccnc1[C@@H]1CCC[C@H](c2nc3ccccc3[nH]2)N1CCCCN1C(=O)c2ccccc2C1=O. The zero-order valence-electron chi connectivity index (χ0n) is 21.1. The van der Waals surface area contributed by atoms with Gasteiger partial charge in [-0.3, -0.25) is 24.4 Å². The van der Waals surface area contributed by atoms with Gasteiger partial charge in [0.1, 0.15) is 5.82 Å². The second-order valence-corrected chi connectivity index (χ2v) is 10.1. The fraction of sp³-hybridized carbons (Fsp3) is 0.333. The van der Waals surface area contributed by atoms with Gasteiger partial charge in [-0.25, -0.2) is 4.98 Å². The molecule has 188 valence electrons. The molecule has 0 radical (unpaired) electrons. The Morgan fingerprint density at radius 2 is 1.57 bits per heavy atom. The average Bonchev–Trinajstić information content (AvgIpc) is 3.46. The van der Waals surface area contributed by atoms with Crippen molar-refractivity contribution < 1.29 is 9.59 Å². The summed E-state index contributed by atoms with van der Waals surface area (Å²) in [6, 6.07) is 19.7.